The van der Waals surface area contributed by atoms with Crippen molar-refractivity contribution in [3.05, 3.63) is 421 Å². The molecule has 12 aromatic carbocycles. The van der Waals surface area contributed by atoms with Crippen molar-refractivity contribution in [1.29, 1.82) is 0 Å². The van der Waals surface area contributed by atoms with Crippen LogP contribution in [0.2, 0.25) is 0 Å². The summed E-state index contributed by atoms with van der Waals surface area (Å²) >= 11 is 3.38. The maximum atomic E-state index is 9.76. The Kier molecular flexibility index (Phi) is 29.3. The molecule has 602 valence electrons. The Hall–Kier alpha value is -14.3. The Morgan fingerprint density at radius 3 is 1.05 bits per heavy atom. The van der Waals surface area contributed by atoms with Gasteiger partial charge in [0.1, 0.15) is 28.7 Å². The Balaban J connectivity index is 0.000000154. The zero-order valence-corrected chi connectivity index (χ0v) is 69.8. The van der Waals surface area contributed by atoms with E-state index in [0.29, 0.717) is 52.1 Å². The van der Waals surface area contributed by atoms with Crippen LogP contribution in [0.5, 0.6) is 63.6 Å². The van der Waals surface area contributed by atoms with Crippen LogP contribution < -0.4 is 23.7 Å². The molecule has 18 aromatic rings. The van der Waals surface area contributed by atoms with Gasteiger partial charge in [0.2, 0.25) is 17.6 Å². The third-order valence-electron chi connectivity index (χ3n) is 19.2. The van der Waals surface area contributed by atoms with Crippen LogP contribution in [-0.2, 0) is 21.1 Å². The minimum atomic E-state index is 0. The molecule has 0 saturated heterocycles. The molecule has 1 N–H and O–H groups in total. The largest absolute Gasteiger partial charge is 2.00 e. The molecule has 0 bridgehead atoms. The standard InChI is InChI=1S/C34H27N3O2.C34H25N3O2.C23H20N2O.C11H8BrNO.2CH4.Pt/c2*1-24-34(28-19-17-27(18-20-28)26-10-4-3-5-11-26)25(2)37(36-24)29-12-8-13-30(22-29)38-31-14-9-15-32(23-31)39-33-16-6-7-21-35-33;1-16-23(17(2)25(24-16)21-9-6-10-22(26)15-21)20-13-11-19(12-14-20)18-7-4-3-5-8-18;12-9-4-3-5-10(8-9)14-11-6-1-2-7-13-11;;;/h3-23H,1-2H3;3-21H,1-2H3;3-15,26H,1-2H3;1-8H;2*1H4;/q;-2;;;;;+2. The molecule has 0 unspecified atom stereocenters. The maximum Gasteiger partial charge on any atom is 2.00 e. The number of nitrogens with zero attached hydrogens (tertiary/aromatic N) is 9. The van der Waals surface area contributed by atoms with Crippen LogP contribution in [0.4, 0.5) is 0 Å². The van der Waals surface area contributed by atoms with Crippen LogP contribution in [0.25, 0.3) is 83.8 Å². The van der Waals surface area contributed by atoms with Crippen molar-refractivity contribution < 1.29 is 49.9 Å². The molecule has 18 rings (SSSR count). The maximum absolute atomic E-state index is 9.76. The first-order valence-electron chi connectivity index (χ1n) is 38.3. The fraction of sp³-hybridized carbons (Fsp3) is 0.0769. The number of hydrogen-bond acceptors (Lipinski definition) is 12. The summed E-state index contributed by atoms with van der Waals surface area (Å²) < 4.78 is 36.2. The minimum absolute atomic E-state index is 0. The summed E-state index contributed by atoms with van der Waals surface area (Å²) in [5.74, 6) is 6.28. The van der Waals surface area contributed by atoms with E-state index < -0.39 is 0 Å². The predicted octanol–water partition coefficient (Wildman–Crippen LogP) is 27.6. The third kappa shape index (κ3) is 21.9. The van der Waals surface area contributed by atoms with Gasteiger partial charge in [0.25, 0.3) is 0 Å². The molecular formula is C104H88BrN9O6Pt. The van der Waals surface area contributed by atoms with E-state index in [1.54, 1.807) is 36.8 Å². The summed E-state index contributed by atoms with van der Waals surface area (Å²) in [6.45, 7) is 12.3. The van der Waals surface area contributed by atoms with Crippen LogP contribution in [0.15, 0.2) is 375 Å². The number of phenols is 1. The van der Waals surface area contributed by atoms with Gasteiger partial charge >= 0.3 is 21.1 Å². The quantitative estimate of drug-likeness (QED) is 0.0765. The van der Waals surface area contributed by atoms with Crippen molar-refractivity contribution in [2.45, 2.75) is 56.4 Å². The first kappa shape index (κ1) is 86.0. The smallest absolute Gasteiger partial charge is 0.509 e. The number of aryl methyl sites for hydroxylation is 3. The second-order valence-electron chi connectivity index (χ2n) is 27.4. The minimum Gasteiger partial charge on any atom is -0.509 e. The van der Waals surface area contributed by atoms with E-state index in [1.807, 2.05) is 216 Å². The van der Waals surface area contributed by atoms with Crippen LogP contribution in [-0.4, -0.2) is 49.4 Å². The molecule has 0 atom stereocenters. The van der Waals surface area contributed by atoms with Crippen LogP contribution in [0, 0.1) is 53.7 Å². The fourth-order valence-corrected chi connectivity index (χ4v) is 14.1. The molecule has 0 fully saturated rings. The Morgan fingerprint density at radius 2 is 0.612 bits per heavy atom. The Bertz CT molecular complexity index is 6100. The van der Waals surface area contributed by atoms with Crippen LogP contribution in [0.1, 0.15) is 49.0 Å². The number of benzene rings is 12. The Morgan fingerprint density at radius 1 is 0.281 bits per heavy atom. The molecular weight excluding hydrogens is 1750 g/mol. The van der Waals surface area contributed by atoms with Crippen molar-refractivity contribution in [2.75, 3.05) is 0 Å². The number of hydrogen-bond donors (Lipinski definition) is 1. The summed E-state index contributed by atoms with van der Waals surface area (Å²) in [6, 6.07) is 122. The number of aromatic nitrogens is 9. The average Bonchev–Trinajstić information content (AvgIpc) is 1.65. The second kappa shape index (κ2) is 41.2. The molecule has 17 heteroatoms. The van der Waals surface area contributed by atoms with Crippen LogP contribution >= 0.6 is 15.9 Å². The molecule has 0 spiro atoms. The summed E-state index contributed by atoms with van der Waals surface area (Å²) in [5.41, 5.74) is 22.6. The third-order valence-corrected chi connectivity index (χ3v) is 19.7. The second-order valence-corrected chi connectivity index (χ2v) is 28.4. The summed E-state index contributed by atoms with van der Waals surface area (Å²) in [5, 5.41) is 24.2. The molecule has 0 radical (unpaired) electrons. The first-order chi connectivity index (χ1) is 57.7. The van der Waals surface area contributed by atoms with Gasteiger partial charge in [-0.05, 0) is 170 Å². The van der Waals surface area contributed by atoms with Crippen molar-refractivity contribution in [3.63, 3.8) is 0 Å². The van der Waals surface area contributed by atoms with Crippen molar-refractivity contribution in [2.24, 2.45) is 0 Å². The van der Waals surface area contributed by atoms with Gasteiger partial charge in [0.15, 0.2) is 0 Å². The molecule has 15 nitrogen and oxygen atoms in total. The molecule has 121 heavy (non-hydrogen) atoms. The SMILES string of the molecule is Brc1cccc(Oc2ccccn2)c1.C.C.Cc1nn(-c2[c-]c(Oc3[c-]c(Oc4ccccn4)ccc3)ccc2)c(C)c1-c1ccc(-c2ccccc2)cc1.Cc1nn(-c2cccc(O)c2)c(C)c1-c1ccc(-c2ccccc2)cc1.Cc1nn(-c2cccc(Oc3cccc(Oc4ccccn4)c3)c2)c(C)c1-c1ccc(-c2ccccc2)cc1.[Pt+2]. The molecule has 6 aromatic heterocycles. The van der Waals surface area contributed by atoms with Gasteiger partial charge in [-0.25, -0.2) is 24.3 Å². The molecule has 0 aliphatic carbocycles. The van der Waals surface area contributed by atoms with Gasteiger partial charge in [0.05, 0.1) is 28.5 Å². The molecule has 0 aliphatic rings. The van der Waals surface area contributed by atoms with Crippen molar-refractivity contribution in [1.82, 2.24) is 44.3 Å². The van der Waals surface area contributed by atoms with E-state index in [9.17, 15) is 5.11 Å². The zero-order valence-electron chi connectivity index (χ0n) is 65.9. The van der Waals surface area contributed by atoms with E-state index >= 15 is 0 Å². The van der Waals surface area contributed by atoms with Gasteiger partial charge in [0, 0.05) is 110 Å². The van der Waals surface area contributed by atoms with Gasteiger partial charge < -0.3 is 28.8 Å². The summed E-state index contributed by atoms with van der Waals surface area (Å²) in [4.78, 5) is 12.5. The number of pyridine rings is 3. The number of aromatic hydroxyl groups is 1. The first-order valence-corrected chi connectivity index (χ1v) is 39.1. The monoisotopic (exact) mass is 1830 g/mol. The Labute approximate surface area is 729 Å². The molecule has 0 saturated carbocycles. The molecule has 6 heterocycles. The van der Waals surface area contributed by atoms with Crippen molar-refractivity contribution in [3.8, 4) is 147 Å². The fourth-order valence-electron chi connectivity index (χ4n) is 13.7. The molecule has 0 amide bonds. The van der Waals surface area contributed by atoms with Gasteiger partial charge in [-0.2, -0.15) is 27.4 Å². The van der Waals surface area contributed by atoms with Crippen molar-refractivity contribution >= 4 is 15.9 Å². The number of ether oxygens (including phenoxy) is 5. The van der Waals surface area contributed by atoms with Gasteiger partial charge in [-0.15, -0.1) is 30.3 Å². The van der Waals surface area contributed by atoms with E-state index in [1.165, 1.54) is 33.4 Å². The predicted molar refractivity (Wildman–Crippen MR) is 485 cm³/mol. The van der Waals surface area contributed by atoms with E-state index in [4.69, 9.17) is 33.9 Å². The van der Waals surface area contributed by atoms with Crippen LogP contribution in [0.3, 0.4) is 0 Å². The topological polar surface area (TPSA) is 159 Å². The van der Waals surface area contributed by atoms with E-state index in [2.05, 4.69) is 221 Å². The zero-order chi connectivity index (χ0) is 81.1. The normalized spacial score (nSPS) is 10.4. The molecule has 0 aliphatic heterocycles. The summed E-state index contributed by atoms with van der Waals surface area (Å²) in [6.07, 6.45) is 5.08. The average molecular weight is 1830 g/mol. The van der Waals surface area contributed by atoms with E-state index in [-0.39, 0.29) is 41.7 Å². The van der Waals surface area contributed by atoms with Gasteiger partial charge in [-0.1, -0.05) is 243 Å². The number of rotatable bonds is 19. The van der Waals surface area contributed by atoms with Gasteiger partial charge in [-0.3, -0.25) is 4.68 Å². The number of phenolic OH excluding ortho intramolecular Hbond substituents is 1. The number of halogens is 1. The van der Waals surface area contributed by atoms with E-state index in [0.717, 1.165) is 94.8 Å². The summed E-state index contributed by atoms with van der Waals surface area (Å²) in [7, 11) is 0.